The van der Waals surface area contributed by atoms with Crippen LogP contribution in [0.4, 0.5) is 10.6 Å². The Morgan fingerprint density at radius 1 is 1.19 bits per heavy atom. The third-order valence-corrected chi connectivity index (χ3v) is 6.01. The first-order valence-electron chi connectivity index (χ1n) is 12.0. The molecule has 0 unspecified atom stereocenters. The molecule has 2 aromatic heterocycles. The lowest BCUT2D eigenvalue weighted by atomic mass is 10.1. The average Bonchev–Trinajstić information content (AvgIpc) is 3.12. The molecule has 2 heterocycles. The lowest BCUT2D eigenvalue weighted by molar-refractivity contribution is 0.0962. The maximum absolute atomic E-state index is 13.1. The summed E-state index contributed by atoms with van der Waals surface area (Å²) in [4.78, 5) is 42.0. The van der Waals surface area contributed by atoms with E-state index in [-0.39, 0.29) is 24.3 Å². The standard InChI is InChI=1S/C26H30N6O5/c1-17-23(25(35)32(31(17)2)19-6-4-3-5-7-19)24(34)29-18-8-10-20(11-9-18)37-21-12-13-27-22(16-21)30-26(36)28-14-15-33/h4,6-8,10,12-13,16,33H,3,5,9,11,14-15H2,1-2H3,(H,29,34)(H2,27,28,30,36). The number of urea groups is 1. The van der Waals surface area contributed by atoms with Crippen LogP contribution < -0.4 is 26.2 Å². The number of amides is 3. The Balaban J connectivity index is 1.42. The van der Waals surface area contributed by atoms with Crippen LogP contribution in [0, 0.1) is 6.92 Å². The van der Waals surface area contributed by atoms with Crippen molar-refractivity contribution in [2.45, 2.75) is 32.6 Å². The first-order chi connectivity index (χ1) is 17.9. The average molecular weight is 507 g/mol. The number of nitrogens with zero attached hydrogens (tertiary/aromatic N) is 3. The molecule has 2 aliphatic rings. The molecule has 0 spiro atoms. The smallest absolute Gasteiger partial charge is 0.320 e. The topological polar surface area (TPSA) is 140 Å². The van der Waals surface area contributed by atoms with Crippen molar-refractivity contribution in [1.29, 1.82) is 0 Å². The van der Waals surface area contributed by atoms with Gasteiger partial charge in [0.15, 0.2) is 0 Å². The molecule has 0 aliphatic heterocycles. The van der Waals surface area contributed by atoms with Crippen molar-refractivity contribution in [1.82, 2.24) is 25.0 Å². The lowest BCUT2D eigenvalue weighted by Gasteiger charge is -2.16. The van der Waals surface area contributed by atoms with Crippen molar-refractivity contribution in [3.8, 4) is 5.75 Å². The Morgan fingerprint density at radius 3 is 2.73 bits per heavy atom. The van der Waals surface area contributed by atoms with E-state index < -0.39 is 11.9 Å². The van der Waals surface area contributed by atoms with Gasteiger partial charge < -0.3 is 20.5 Å². The van der Waals surface area contributed by atoms with Crippen molar-refractivity contribution in [2.75, 3.05) is 18.5 Å². The Hall–Kier alpha value is -4.38. The zero-order valence-corrected chi connectivity index (χ0v) is 20.8. The van der Waals surface area contributed by atoms with E-state index in [1.54, 1.807) is 42.9 Å². The van der Waals surface area contributed by atoms with Gasteiger partial charge in [-0.3, -0.25) is 19.6 Å². The van der Waals surface area contributed by atoms with Gasteiger partial charge in [-0.25, -0.2) is 14.5 Å². The van der Waals surface area contributed by atoms with Gasteiger partial charge in [0.1, 0.15) is 22.9 Å². The van der Waals surface area contributed by atoms with Crippen molar-refractivity contribution < 1.29 is 19.4 Å². The summed E-state index contributed by atoms with van der Waals surface area (Å²) in [6.45, 7) is 1.73. The van der Waals surface area contributed by atoms with E-state index in [4.69, 9.17) is 9.84 Å². The first kappa shape index (κ1) is 25.7. The molecular formula is C26H30N6O5. The fraction of sp³-hybridized carbons (Fsp3) is 0.308. The summed E-state index contributed by atoms with van der Waals surface area (Å²) in [6.07, 6.45) is 13.8. The number of allylic oxidation sites excluding steroid dienone is 8. The maximum atomic E-state index is 13.1. The van der Waals surface area contributed by atoms with Crippen LogP contribution in [0.2, 0.25) is 0 Å². The van der Waals surface area contributed by atoms with Crippen LogP contribution in [0.15, 0.2) is 65.0 Å². The second-order valence-electron chi connectivity index (χ2n) is 8.57. The molecule has 0 atom stereocenters. The molecule has 11 nitrogen and oxygen atoms in total. The number of hydrogen-bond donors (Lipinski definition) is 4. The highest BCUT2D eigenvalue weighted by molar-refractivity contribution is 5.96. The third-order valence-electron chi connectivity index (χ3n) is 6.01. The molecule has 0 bridgehead atoms. The normalized spacial score (nSPS) is 14.8. The number of aliphatic hydroxyl groups excluding tert-OH is 1. The number of aromatic nitrogens is 3. The second kappa shape index (κ2) is 11.6. The largest absolute Gasteiger partial charge is 0.462 e. The molecule has 0 aromatic carbocycles. The molecular weight excluding hydrogens is 476 g/mol. The monoisotopic (exact) mass is 506 g/mol. The lowest BCUT2D eigenvalue weighted by Crippen LogP contribution is -2.31. The fourth-order valence-electron chi connectivity index (χ4n) is 4.06. The Morgan fingerprint density at radius 2 is 2.03 bits per heavy atom. The van der Waals surface area contributed by atoms with Gasteiger partial charge in [-0.1, -0.05) is 12.2 Å². The van der Waals surface area contributed by atoms with E-state index in [0.29, 0.717) is 41.6 Å². The summed E-state index contributed by atoms with van der Waals surface area (Å²) >= 11 is 0. The van der Waals surface area contributed by atoms with E-state index in [0.717, 1.165) is 18.5 Å². The van der Waals surface area contributed by atoms with Crippen LogP contribution in [-0.2, 0) is 7.05 Å². The highest BCUT2D eigenvalue weighted by Gasteiger charge is 2.24. The molecule has 11 heteroatoms. The predicted octanol–water partition coefficient (Wildman–Crippen LogP) is 2.57. The fourth-order valence-corrected chi connectivity index (χ4v) is 4.06. The summed E-state index contributed by atoms with van der Waals surface area (Å²) in [5.74, 6) is 1.03. The van der Waals surface area contributed by atoms with Crippen LogP contribution >= 0.6 is 0 Å². The van der Waals surface area contributed by atoms with Gasteiger partial charge >= 0.3 is 6.03 Å². The number of aliphatic hydroxyl groups is 1. The van der Waals surface area contributed by atoms with Crippen LogP contribution in [0.3, 0.4) is 0 Å². The number of hydrogen-bond acceptors (Lipinski definition) is 6. The number of pyridine rings is 1. The van der Waals surface area contributed by atoms with Gasteiger partial charge in [0.05, 0.1) is 18.0 Å². The van der Waals surface area contributed by atoms with Crippen LogP contribution in [0.25, 0.3) is 5.70 Å². The molecule has 2 aromatic rings. The quantitative estimate of drug-likeness (QED) is 0.434. The van der Waals surface area contributed by atoms with Crippen molar-refractivity contribution in [3.63, 3.8) is 0 Å². The number of rotatable bonds is 8. The van der Waals surface area contributed by atoms with E-state index >= 15 is 0 Å². The molecule has 0 fully saturated rings. The predicted molar refractivity (Wildman–Crippen MR) is 139 cm³/mol. The van der Waals surface area contributed by atoms with Gasteiger partial charge in [-0.2, -0.15) is 0 Å². The minimum absolute atomic E-state index is 0.120. The van der Waals surface area contributed by atoms with Gasteiger partial charge in [-0.05, 0) is 50.5 Å². The van der Waals surface area contributed by atoms with Gasteiger partial charge in [0, 0.05) is 38.0 Å². The van der Waals surface area contributed by atoms with Gasteiger partial charge in [0.2, 0.25) is 0 Å². The van der Waals surface area contributed by atoms with Crippen molar-refractivity contribution >= 4 is 23.5 Å². The number of anilines is 1. The second-order valence-corrected chi connectivity index (χ2v) is 8.57. The Kier molecular flexibility index (Phi) is 8.04. The molecule has 0 radical (unpaired) electrons. The minimum atomic E-state index is -0.480. The zero-order chi connectivity index (χ0) is 26.4. The summed E-state index contributed by atoms with van der Waals surface area (Å²) in [7, 11) is 1.77. The Labute approximate surface area is 213 Å². The molecule has 2 aliphatic carbocycles. The van der Waals surface area contributed by atoms with Crippen LogP contribution in [-0.4, -0.2) is 44.5 Å². The first-order valence-corrected chi connectivity index (χ1v) is 12.0. The molecule has 0 saturated carbocycles. The molecule has 3 amide bonds. The Bertz CT molecular complexity index is 1380. The SMILES string of the molecule is Cc1c(C(=O)NC2=CC=C(Oc3ccnc(NC(=O)NCCO)c3)CC2)c(=O)n(C2=CCCC=C2)n1C. The summed E-state index contributed by atoms with van der Waals surface area (Å²) in [6, 6.07) is 2.77. The third kappa shape index (κ3) is 6.07. The number of carbonyl (C=O) groups excluding carboxylic acids is 2. The van der Waals surface area contributed by atoms with Crippen molar-refractivity contribution in [2.24, 2.45) is 7.05 Å². The summed E-state index contributed by atoms with van der Waals surface area (Å²) < 4.78 is 9.13. The number of nitrogens with one attached hydrogen (secondary N) is 3. The summed E-state index contributed by atoms with van der Waals surface area (Å²) in [5, 5.41) is 16.7. The maximum Gasteiger partial charge on any atom is 0.320 e. The van der Waals surface area contributed by atoms with E-state index in [1.165, 1.54) is 10.9 Å². The number of carbonyl (C=O) groups is 2. The van der Waals surface area contributed by atoms with Crippen LogP contribution in [0.5, 0.6) is 5.75 Å². The summed E-state index contributed by atoms with van der Waals surface area (Å²) in [5.41, 5.74) is 1.81. The molecule has 194 valence electrons. The highest BCUT2D eigenvalue weighted by atomic mass is 16.5. The molecule has 37 heavy (non-hydrogen) atoms. The van der Waals surface area contributed by atoms with Gasteiger partial charge in [-0.15, -0.1) is 0 Å². The molecule has 0 saturated heterocycles. The highest BCUT2D eigenvalue weighted by Crippen LogP contribution is 2.23. The molecule has 4 N–H and O–H groups in total. The van der Waals surface area contributed by atoms with E-state index in [9.17, 15) is 14.4 Å². The van der Waals surface area contributed by atoms with Gasteiger partial charge in [0.25, 0.3) is 11.5 Å². The number of ether oxygens (including phenoxy) is 1. The van der Waals surface area contributed by atoms with E-state index in [2.05, 4.69) is 20.9 Å². The van der Waals surface area contributed by atoms with E-state index in [1.807, 2.05) is 18.2 Å². The zero-order valence-electron chi connectivity index (χ0n) is 20.8. The minimum Gasteiger partial charge on any atom is -0.462 e. The van der Waals surface area contributed by atoms with Crippen LogP contribution in [0.1, 0.15) is 41.7 Å². The molecule has 4 rings (SSSR count). The van der Waals surface area contributed by atoms with Crippen molar-refractivity contribution in [3.05, 3.63) is 81.8 Å².